The van der Waals surface area contributed by atoms with Crippen LogP contribution in [-0.4, -0.2) is 32.4 Å². The number of carbonyl (C=O) groups excluding carboxylic acids is 1. The first-order valence-electron chi connectivity index (χ1n) is 9.06. The van der Waals surface area contributed by atoms with E-state index < -0.39 is 0 Å². The van der Waals surface area contributed by atoms with Crippen LogP contribution in [0.15, 0.2) is 85.2 Å². The van der Waals surface area contributed by atoms with Crippen LogP contribution in [0.3, 0.4) is 0 Å². The average molecular weight is 369 g/mol. The van der Waals surface area contributed by atoms with Gasteiger partial charge in [0.1, 0.15) is 5.69 Å². The summed E-state index contributed by atoms with van der Waals surface area (Å²) in [7, 11) is 0. The van der Waals surface area contributed by atoms with Gasteiger partial charge in [0.2, 0.25) is 0 Å². The highest BCUT2D eigenvalue weighted by molar-refractivity contribution is 5.98. The minimum absolute atomic E-state index is 0.245. The number of aromatic nitrogens is 4. The Morgan fingerprint density at radius 2 is 1.57 bits per heavy atom. The highest BCUT2D eigenvalue weighted by Crippen LogP contribution is 2.24. The van der Waals surface area contributed by atoms with Crippen LogP contribution in [0.25, 0.3) is 16.9 Å². The van der Waals surface area contributed by atoms with Gasteiger partial charge in [-0.15, -0.1) is 5.10 Å². The summed E-state index contributed by atoms with van der Waals surface area (Å²) in [5, 5.41) is 11.4. The van der Waals surface area contributed by atoms with E-state index in [1.807, 2.05) is 72.8 Å². The van der Waals surface area contributed by atoms with Crippen molar-refractivity contribution in [2.24, 2.45) is 0 Å². The summed E-state index contributed by atoms with van der Waals surface area (Å²) in [6, 6.07) is 23.4. The first-order chi connectivity index (χ1) is 13.8. The van der Waals surface area contributed by atoms with Crippen LogP contribution in [0, 0.1) is 0 Å². The second kappa shape index (κ2) is 8.26. The van der Waals surface area contributed by atoms with Gasteiger partial charge in [0.15, 0.2) is 5.69 Å². The van der Waals surface area contributed by atoms with Crippen molar-refractivity contribution in [1.82, 2.24) is 25.3 Å². The quantitative estimate of drug-likeness (QED) is 0.566. The number of nitrogens with zero attached hydrogens (tertiary/aromatic N) is 4. The molecule has 0 aliphatic carbocycles. The van der Waals surface area contributed by atoms with Crippen LogP contribution < -0.4 is 5.32 Å². The number of carbonyl (C=O) groups is 1. The number of amides is 1. The molecule has 6 heteroatoms. The molecular weight excluding hydrogens is 350 g/mol. The van der Waals surface area contributed by atoms with E-state index in [9.17, 15) is 4.79 Å². The molecule has 2 heterocycles. The SMILES string of the molecule is O=C(NCCc1ccccc1)c1nnn(-c2ccccc2)c1-c1ccncc1. The monoisotopic (exact) mass is 369 g/mol. The lowest BCUT2D eigenvalue weighted by Gasteiger charge is -2.09. The molecule has 0 bridgehead atoms. The summed E-state index contributed by atoms with van der Waals surface area (Å²) in [4.78, 5) is 16.9. The molecule has 2 aromatic heterocycles. The van der Waals surface area contributed by atoms with Crippen molar-refractivity contribution in [3.8, 4) is 16.9 Å². The third kappa shape index (κ3) is 3.81. The van der Waals surface area contributed by atoms with Gasteiger partial charge < -0.3 is 5.32 Å². The number of hydrogen-bond acceptors (Lipinski definition) is 4. The smallest absolute Gasteiger partial charge is 0.274 e. The maximum Gasteiger partial charge on any atom is 0.274 e. The fourth-order valence-electron chi connectivity index (χ4n) is 3.00. The number of benzene rings is 2. The van der Waals surface area contributed by atoms with E-state index in [1.54, 1.807) is 17.1 Å². The van der Waals surface area contributed by atoms with E-state index in [0.29, 0.717) is 17.9 Å². The molecule has 0 radical (unpaired) electrons. The topological polar surface area (TPSA) is 72.7 Å². The summed E-state index contributed by atoms with van der Waals surface area (Å²) >= 11 is 0. The van der Waals surface area contributed by atoms with Crippen molar-refractivity contribution in [3.63, 3.8) is 0 Å². The lowest BCUT2D eigenvalue weighted by Crippen LogP contribution is -2.26. The summed E-state index contributed by atoms with van der Waals surface area (Å²) in [5.41, 5.74) is 3.78. The van der Waals surface area contributed by atoms with Crippen LogP contribution >= 0.6 is 0 Å². The van der Waals surface area contributed by atoms with Crippen molar-refractivity contribution in [3.05, 3.63) is 96.4 Å². The van der Waals surface area contributed by atoms with Gasteiger partial charge in [-0.25, -0.2) is 4.68 Å². The Bertz CT molecular complexity index is 1050. The molecule has 0 aliphatic rings. The van der Waals surface area contributed by atoms with Gasteiger partial charge in [-0.3, -0.25) is 9.78 Å². The normalized spacial score (nSPS) is 10.6. The zero-order valence-corrected chi connectivity index (χ0v) is 15.2. The van der Waals surface area contributed by atoms with E-state index in [1.165, 1.54) is 5.56 Å². The maximum atomic E-state index is 12.8. The van der Waals surface area contributed by atoms with Gasteiger partial charge in [0.25, 0.3) is 5.91 Å². The molecule has 138 valence electrons. The standard InChI is InChI=1S/C22H19N5O/c28-22(24-16-11-17-7-3-1-4-8-17)20-21(18-12-14-23-15-13-18)27(26-25-20)19-9-5-2-6-10-19/h1-10,12-15H,11,16H2,(H,24,28). The van der Waals surface area contributed by atoms with Gasteiger partial charge in [0.05, 0.1) is 5.69 Å². The van der Waals surface area contributed by atoms with E-state index >= 15 is 0 Å². The molecule has 2 aromatic carbocycles. The van der Waals surface area contributed by atoms with E-state index in [4.69, 9.17) is 0 Å². The molecule has 4 rings (SSSR count). The summed E-state index contributed by atoms with van der Waals surface area (Å²) in [5.74, 6) is -0.245. The third-order valence-electron chi connectivity index (χ3n) is 4.38. The van der Waals surface area contributed by atoms with Crippen LogP contribution in [0.5, 0.6) is 0 Å². The van der Waals surface area contributed by atoms with Crippen molar-refractivity contribution >= 4 is 5.91 Å². The lowest BCUT2D eigenvalue weighted by molar-refractivity contribution is 0.0949. The summed E-state index contributed by atoms with van der Waals surface area (Å²) in [6.45, 7) is 0.525. The van der Waals surface area contributed by atoms with Crippen molar-refractivity contribution < 1.29 is 4.79 Å². The fraction of sp³-hybridized carbons (Fsp3) is 0.0909. The Morgan fingerprint density at radius 1 is 0.893 bits per heavy atom. The van der Waals surface area contributed by atoms with Gasteiger partial charge in [-0.2, -0.15) is 0 Å². The molecule has 6 nitrogen and oxygen atoms in total. The van der Waals surface area contributed by atoms with E-state index in [-0.39, 0.29) is 5.91 Å². The molecule has 0 unspecified atom stereocenters. The van der Waals surface area contributed by atoms with Gasteiger partial charge >= 0.3 is 0 Å². The summed E-state index contributed by atoms with van der Waals surface area (Å²) < 4.78 is 1.68. The number of hydrogen-bond donors (Lipinski definition) is 1. The molecule has 28 heavy (non-hydrogen) atoms. The van der Waals surface area contributed by atoms with Crippen molar-refractivity contribution in [2.45, 2.75) is 6.42 Å². The Hall–Kier alpha value is -3.80. The van der Waals surface area contributed by atoms with Crippen LogP contribution in [0.4, 0.5) is 0 Å². The predicted molar refractivity (Wildman–Crippen MR) is 107 cm³/mol. The Morgan fingerprint density at radius 3 is 2.29 bits per heavy atom. The molecule has 4 aromatic rings. The zero-order valence-electron chi connectivity index (χ0n) is 15.2. The first-order valence-corrected chi connectivity index (χ1v) is 9.06. The largest absolute Gasteiger partial charge is 0.350 e. The van der Waals surface area contributed by atoms with E-state index in [0.717, 1.165) is 17.7 Å². The molecule has 0 atom stereocenters. The first kappa shape index (κ1) is 17.6. The molecular formula is C22H19N5O. The maximum absolute atomic E-state index is 12.8. The number of para-hydroxylation sites is 1. The molecule has 0 saturated heterocycles. The Labute approximate surface area is 162 Å². The fourth-order valence-corrected chi connectivity index (χ4v) is 3.00. The van der Waals surface area contributed by atoms with Crippen LogP contribution in [0.2, 0.25) is 0 Å². The highest BCUT2D eigenvalue weighted by Gasteiger charge is 2.21. The molecule has 1 N–H and O–H groups in total. The number of rotatable bonds is 6. The van der Waals surface area contributed by atoms with E-state index in [2.05, 4.69) is 20.6 Å². The zero-order chi connectivity index (χ0) is 19.2. The molecule has 0 aliphatic heterocycles. The summed E-state index contributed by atoms with van der Waals surface area (Å²) in [6.07, 6.45) is 4.13. The lowest BCUT2D eigenvalue weighted by atomic mass is 10.1. The van der Waals surface area contributed by atoms with Gasteiger partial charge in [-0.05, 0) is 36.2 Å². The minimum atomic E-state index is -0.245. The predicted octanol–water partition coefficient (Wildman–Crippen LogP) is 3.30. The Balaban J connectivity index is 1.61. The minimum Gasteiger partial charge on any atom is -0.350 e. The molecule has 0 saturated carbocycles. The molecule has 0 fully saturated rings. The van der Waals surface area contributed by atoms with Gasteiger partial charge in [-0.1, -0.05) is 53.7 Å². The van der Waals surface area contributed by atoms with Crippen LogP contribution in [0.1, 0.15) is 16.1 Å². The number of pyridine rings is 1. The van der Waals surface area contributed by atoms with Crippen molar-refractivity contribution in [1.29, 1.82) is 0 Å². The second-order valence-corrected chi connectivity index (χ2v) is 6.26. The molecule has 0 spiro atoms. The van der Waals surface area contributed by atoms with Gasteiger partial charge in [0, 0.05) is 24.5 Å². The highest BCUT2D eigenvalue weighted by atomic mass is 16.2. The third-order valence-corrected chi connectivity index (χ3v) is 4.38. The van der Waals surface area contributed by atoms with Crippen molar-refractivity contribution in [2.75, 3.05) is 6.54 Å². The number of nitrogens with one attached hydrogen (secondary N) is 1. The second-order valence-electron chi connectivity index (χ2n) is 6.26. The average Bonchev–Trinajstić information content (AvgIpc) is 3.21. The van der Waals surface area contributed by atoms with Crippen LogP contribution in [-0.2, 0) is 6.42 Å². The molecule has 1 amide bonds. The Kier molecular flexibility index (Phi) is 5.20.